The van der Waals surface area contributed by atoms with Gasteiger partial charge in [0.15, 0.2) is 0 Å². The molecule has 1 aliphatic rings. The minimum absolute atomic E-state index is 0.0943. The molecule has 1 aliphatic heterocycles. The highest BCUT2D eigenvalue weighted by Crippen LogP contribution is 2.32. The molecule has 0 saturated heterocycles. The van der Waals surface area contributed by atoms with Crippen LogP contribution in [0.15, 0.2) is 53.7 Å². The largest absolute Gasteiger partial charge is 0.375 e. The summed E-state index contributed by atoms with van der Waals surface area (Å²) in [6, 6.07) is 10.9. The van der Waals surface area contributed by atoms with Crippen LogP contribution in [0.3, 0.4) is 0 Å². The lowest BCUT2D eigenvalue weighted by atomic mass is 9.90. The Morgan fingerprint density at radius 3 is 2.73 bits per heavy atom. The third kappa shape index (κ3) is 4.22. The fourth-order valence-corrected chi connectivity index (χ4v) is 4.09. The number of benzene rings is 1. The average Bonchev–Trinajstić information content (AvgIpc) is 2.72. The molecule has 156 valence electrons. The molecule has 0 bridgehead atoms. The van der Waals surface area contributed by atoms with Gasteiger partial charge in [-0.2, -0.15) is 0 Å². The summed E-state index contributed by atoms with van der Waals surface area (Å²) >= 11 is 6.19. The van der Waals surface area contributed by atoms with E-state index >= 15 is 0 Å². The molecule has 1 atom stereocenters. The number of halogens is 1. The number of aromatic nitrogens is 4. The van der Waals surface area contributed by atoms with Crippen molar-refractivity contribution in [2.45, 2.75) is 26.5 Å². The molecular formula is C22H24ClN5O2. The van der Waals surface area contributed by atoms with Crippen LogP contribution < -0.4 is 10.5 Å². The van der Waals surface area contributed by atoms with E-state index in [-0.39, 0.29) is 17.1 Å². The van der Waals surface area contributed by atoms with E-state index in [2.05, 4.69) is 28.7 Å². The summed E-state index contributed by atoms with van der Waals surface area (Å²) in [7, 11) is 1.68. The molecule has 3 heterocycles. The standard InChI is InChI=1S/C22H24ClN5O2/c1-22(2)12-27(11-19(30-3)15-5-4-6-16(23)9-15)21-26-18(10-20(29)28(21)13-22)17-7-8-24-14-25-17/h4-10,14,19H,11-13H2,1-3H3. The van der Waals surface area contributed by atoms with Crippen molar-refractivity contribution in [1.82, 2.24) is 19.5 Å². The molecule has 0 radical (unpaired) electrons. The van der Waals surface area contributed by atoms with Crippen LogP contribution in [0, 0.1) is 5.41 Å². The van der Waals surface area contributed by atoms with Crippen LogP contribution in [0.4, 0.5) is 5.95 Å². The second kappa shape index (κ2) is 8.16. The van der Waals surface area contributed by atoms with Gasteiger partial charge in [-0.3, -0.25) is 9.36 Å². The summed E-state index contributed by atoms with van der Waals surface area (Å²) in [6.45, 7) is 6.18. The molecule has 0 N–H and O–H groups in total. The molecule has 0 aliphatic carbocycles. The molecule has 7 nitrogen and oxygen atoms in total. The Kier molecular flexibility index (Phi) is 5.58. The average molecular weight is 426 g/mol. The summed E-state index contributed by atoms with van der Waals surface area (Å²) in [5.74, 6) is 0.625. The van der Waals surface area contributed by atoms with E-state index < -0.39 is 0 Å². The van der Waals surface area contributed by atoms with Crippen LogP contribution in [0.25, 0.3) is 11.4 Å². The van der Waals surface area contributed by atoms with Crippen LogP contribution in [0.5, 0.6) is 0 Å². The minimum atomic E-state index is -0.217. The number of nitrogens with zero attached hydrogens (tertiary/aromatic N) is 5. The molecule has 1 unspecified atom stereocenters. The second-order valence-corrected chi connectivity index (χ2v) is 8.72. The molecule has 2 aromatic heterocycles. The zero-order chi connectivity index (χ0) is 21.3. The Labute approximate surface area is 180 Å². The SMILES string of the molecule is COC(CN1CC(C)(C)Cn2c1nc(-c1ccncn1)cc2=O)c1cccc(Cl)c1. The van der Waals surface area contributed by atoms with Crippen molar-refractivity contribution in [3.05, 3.63) is 69.9 Å². The predicted molar refractivity (Wildman–Crippen MR) is 117 cm³/mol. The van der Waals surface area contributed by atoms with Gasteiger partial charge in [0.1, 0.15) is 6.33 Å². The second-order valence-electron chi connectivity index (χ2n) is 8.28. The first-order valence-electron chi connectivity index (χ1n) is 9.78. The molecule has 0 spiro atoms. The number of rotatable bonds is 5. The molecule has 3 aromatic rings. The molecular weight excluding hydrogens is 402 g/mol. The number of anilines is 1. The van der Waals surface area contributed by atoms with Gasteiger partial charge in [-0.1, -0.05) is 37.6 Å². The number of fused-ring (bicyclic) bond motifs is 1. The summed E-state index contributed by atoms with van der Waals surface area (Å²) in [6.07, 6.45) is 2.88. The van der Waals surface area contributed by atoms with Crippen molar-refractivity contribution in [3.8, 4) is 11.4 Å². The summed E-state index contributed by atoms with van der Waals surface area (Å²) in [5, 5.41) is 0.661. The van der Waals surface area contributed by atoms with E-state index in [0.29, 0.717) is 35.4 Å². The molecule has 8 heteroatoms. The van der Waals surface area contributed by atoms with Crippen LogP contribution >= 0.6 is 11.6 Å². The minimum Gasteiger partial charge on any atom is -0.375 e. The topological polar surface area (TPSA) is 73.1 Å². The molecule has 1 aromatic carbocycles. The van der Waals surface area contributed by atoms with Crippen molar-refractivity contribution in [3.63, 3.8) is 0 Å². The van der Waals surface area contributed by atoms with Gasteiger partial charge in [0.05, 0.1) is 24.0 Å². The van der Waals surface area contributed by atoms with E-state index in [4.69, 9.17) is 21.3 Å². The van der Waals surface area contributed by atoms with E-state index in [9.17, 15) is 4.79 Å². The molecule has 0 saturated carbocycles. The molecule has 30 heavy (non-hydrogen) atoms. The van der Waals surface area contributed by atoms with Crippen LogP contribution in [0.1, 0.15) is 25.5 Å². The normalized spacial score (nSPS) is 16.2. The van der Waals surface area contributed by atoms with Crippen molar-refractivity contribution in [2.24, 2.45) is 5.41 Å². The maximum atomic E-state index is 13.0. The van der Waals surface area contributed by atoms with Gasteiger partial charge < -0.3 is 9.64 Å². The van der Waals surface area contributed by atoms with E-state index in [1.807, 2.05) is 24.3 Å². The molecule has 4 rings (SSSR count). The summed E-state index contributed by atoms with van der Waals surface area (Å²) in [4.78, 5) is 28.1. The van der Waals surface area contributed by atoms with E-state index in [1.54, 1.807) is 23.9 Å². The Hall–Kier alpha value is -2.77. The van der Waals surface area contributed by atoms with Crippen molar-refractivity contribution < 1.29 is 4.74 Å². The molecule has 0 fully saturated rings. The smallest absolute Gasteiger partial charge is 0.255 e. The Bertz CT molecular complexity index is 1100. The lowest BCUT2D eigenvalue weighted by Gasteiger charge is -2.41. The number of methoxy groups -OCH3 is 1. The van der Waals surface area contributed by atoms with Crippen molar-refractivity contribution in [1.29, 1.82) is 0 Å². The Balaban J connectivity index is 1.76. The lowest BCUT2D eigenvalue weighted by molar-refractivity contribution is 0.103. The van der Waals surface area contributed by atoms with Crippen LogP contribution in [-0.4, -0.2) is 39.7 Å². The maximum absolute atomic E-state index is 13.0. The predicted octanol–water partition coefficient (Wildman–Crippen LogP) is 3.59. The first-order chi connectivity index (χ1) is 14.4. The van der Waals surface area contributed by atoms with Crippen molar-refractivity contribution >= 4 is 17.5 Å². The first kappa shape index (κ1) is 20.5. The van der Waals surface area contributed by atoms with Gasteiger partial charge >= 0.3 is 0 Å². The van der Waals surface area contributed by atoms with Gasteiger partial charge in [0, 0.05) is 42.9 Å². The first-order valence-corrected chi connectivity index (χ1v) is 10.2. The van der Waals surface area contributed by atoms with Crippen LogP contribution in [-0.2, 0) is 11.3 Å². The number of ether oxygens (including phenoxy) is 1. The van der Waals surface area contributed by atoms with Gasteiger partial charge in [-0.25, -0.2) is 15.0 Å². The highest BCUT2D eigenvalue weighted by atomic mass is 35.5. The van der Waals surface area contributed by atoms with E-state index in [1.165, 1.54) is 12.4 Å². The quantitative estimate of drug-likeness (QED) is 0.622. The highest BCUT2D eigenvalue weighted by Gasteiger charge is 2.33. The monoisotopic (exact) mass is 425 g/mol. The lowest BCUT2D eigenvalue weighted by Crippen LogP contribution is -2.48. The Morgan fingerprint density at radius 1 is 1.20 bits per heavy atom. The maximum Gasteiger partial charge on any atom is 0.255 e. The van der Waals surface area contributed by atoms with E-state index in [0.717, 1.165) is 12.1 Å². The van der Waals surface area contributed by atoms with Gasteiger partial charge in [-0.15, -0.1) is 0 Å². The zero-order valence-corrected chi connectivity index (χ0v) is 18.0. The van der Waals surface area contributed by atoms with Gasteiger partial charge in [0.2, 0.25) is 5.95 Å². The Morgan fingerprint density at radius 2 is 2.03 bits per heavy atom. The van der Waals surface area contributed by atoms with Gasteiger partial charge in [0.25, 0.3) is 5.56 Å². The highest BCUT2D eigenvalue weighted by molar-refractivity contribution is 6.30. The fourth-order valence-electron chi connectivity index (χ4n) is 3.89. The molecule has 0 amide bonds. The fraction of sp³-hybridized carbons (Fsp3) is 0.364. The number of hydrogen-bond acceptors (Lipinski definition) is 6. The third-order valence-corrected chi connectivity index (χ3v) is 5.45. The van der Waals surface area contributed by atoms with Crippen molar-refractivity contribution in [2.75, 3.05) is 25.1 Å². The summed E-state index contributed by atoms with van der Waals surface area (Å²) < 4.78 is 7.52. The summed E-state index contributed by atoms with van der Waals surface area (Å²) in [5.41, 5.74) is 1.95. The van der Waals surface area contributed by atoms with Crippen LogP contribution in [0.2, 0.25) is 5.02 Å². The third-order valence-electron chi connectivity index (χ3n) is 5.21. The van der Waals surface area contributed by atoms with Gasteiger partial charge in [-0.05, 0) is 23.8 Å². The zero-order valence-electron chi connectivity index (χ0n) is 17.2. The number of hydrogen-bond donors (Lipinski definition) is 0.